The fourth-order valence-electron chi connectivity index (χ4n) is 2.90. The number of carbonyl (C=O) groups is 2. The third kappa shape index (κ3) is 9.02. The van der Waals surface area contributed by atoms with E-state index < -0.39 is 6.04 Å². The number of aryl methyl sites for hydroxylation is 1. The normalized spacial score (nSPS) is 13.1. The Kier molecular flexibility index (Phi) is 10.7. The molecular formula is C22H36N2O2. The van der Waals surface area contributed by atoms with E-state index in [2.05, 4.69) is 17.6 Å². The van der Waals surface area contributed by atoms with Gasteiger partial charge in [-0.1, -0.05) is 75.3 Å². The first-order chi connectivity index (χ1) is 12.4. The van der Waals surface area contributed by atoms with Gasteiger partial charge in [-0.15, -0.1) is 0 Å². The summed E-state index contributed by atoms with van der Waals surface area (Å²) >= 11 is 0. The fourth-order valence-corrected chi connectivity index (χ4v) is 2.90. The van der Waals surface area contributed by atoms with Crippen LogP contribution in [0.25, 0.3) is 0 Å². The molecule has 0 heterocycles. The molecule has 2 N–H and O–H groups in total. The van der Waals surface area contributed by atoms with Crippen LogP contribution in [0, 0.1) is 6.92 Å². The molecule has 4 nitrogen and oxygen atoms in total. The van der Waals surface area contributed by atoms with E-state index in [4.69, 9.17) is 0 Å². The first kappa shape index (κ1) is 22.2. The molecule has 26 heavy (non-hydrogen) atoms. The summed E-state index contributed by atoms with van der Waals surface area (Å²) in [5.41, 5.74) is 2.25. The molecule has 0 bridgehead atoms. The maximum atomic E-state index is 12.3. The van der Waals surface area contributed by atoms with Crippen molar-refractivity contribution in [3.05, 3.63) is 35.4 Å². The van der Waals surface area contributed by atoms with Crippen LogP contribution in [0.4, 0.5) is 0 Å². The number of hydrogen-bond acceptors (Lipinski definition) is 2. The molecule has 0 saturated carbocycles. The van der Waals surface area contributed by atoms with Gasteiger partial charge in [-0.25, -0.2) is 0 Å². The molecule has 0 spiro atoms. The Labute approximate surface area is 159 Å². The first-order valence-corrected chi connectivity index (χ1v) is 10.1. The molecule has 1 aromatic carbocycles. The Balaban J connectivity index is 2.24. The zero-order valence-electron chi connectivity index (χ0n) is 16.9. The molecule has 2 unspecified atom stereocenters. The third-order valence-electron chi connectivity index (χ3n) is 4.71. The lowest BCUT2D eigenvalue weighted by molar-refractivity contribution is -0.129. The number of rotatable bonds is 12. The topological polar surface area (TPSA) is 58.2 Å². The second-order valence-electron chi connectivity index (χ2n) is 7.30. The molecule has 0 saturated heterocycles. The Hall–Kier alpha value is -1.84. The largest absolute Gasteiger partial charge is 0.348 e. The standard InChI is InChI=1S/C22H36N2O2/c1-5-6-7-8-9-10-11-12-21(25)23-19(4)22(26)24-18(3)20-15-13-17(2)14-16-20/h13-16,18-19H,5-12H2,1-4H3,(H,23,25)(H,24,26). The van der Waals surface area contributed by atoms with Crippen LogP contribution in [-0.4, -0.2) is 17.9 Å². The summed E-state index contributed by atoms with van der Waals surface area (Å²) in [5, 5.41) is 5.77. The number of carbonyl (C=O) groups excluding carboxylic acids is 2. The van der Waals surface area contributed by atoms with Gasteiger partial charge in [0.05, 0.1) is 6.04 Å². The number of nitrogens with one attached hydrogen (secondary N) is 2. The Bertz CT molecular complexity index is 540. The van der Waals surface area contributed by atoms with Crippen molar-refractivity contribution < 1.29 is 9.59 Å². The maximum Gasteiger partial charge on any atom is 0.242 e. The summed E-state index contributed by atoms with van der Waals surface area (Å²) in [6.07, 6.45) is 8.77. The van der Waals surface area contributed by atoms with Gasteiger partial charge in [0.1, 0.15) is 6.04 Å². The lowest BCUT2D eigenvalue weighted by Crippen LogP contribution is -2.45. The second kappa shape index (κ2) is 12.5. The van der Waals surface area contributed by atoms with Crippen molar-refractivity contribution in [3.63, 3.8) is 0 Å². The highest BCUT2D eigenvalue weighted by Gasteiger charge is 2.17. The summed E-state index contributed by atoms with van der Waals surface area (Å²) < 4.78 is 0. The number of hydrogen-bond donors (Lipinski definition) is 2. The maximum absolute atomic E-state index is 12.3. The molecule has 0 fully saturated rings. The highest BCUT2D eigenvalue weighted by Crippen LogP contribution is 2.13. The van der Waals surface area contributed by atoms with E-state index in [0.717, 1.165) is 18.4 Å². The molecule has 1 aromatic rings. The SMILES string of the molecule is CCCCCCCCCC(=O)NC(C)C(=O)NC(C)c1ccc(C)cc1. The molecule has 146 valence electrons. The Morgan fingerprint density at radius 1 is 0.885 bits per heavy atom. The van der Waals surface area contributed by atoms with Crippen molar-refractivity contribution in [1.29, 1.82) is 0 Å². The minimum Gasteiger partial charge on any atom is -0.348 e. The summed E-state index contributed by atoms with van der Waals surface area (Å²) in [4.78, 5) is 24.3. The lowest BCUT2D eigenvalue weighted by atomic mass is 10.1. The van der Waals surface area contributed by atoms with Crippen LogP contribution in [0.15, 0.2) is 24.3 Å². The van der Waals surface area contributed by atoms with E-state index >= 15 is 0 Å². The van der Waals surface area contributed by atoms with Crippen LogP contribution >= 0.6 is 0 Å². The highest BCUT2D eigenvalue weighted by atomic mass is 16.2. The van der Waals surface area contributed by atoms with Crippen LogP contribution in [0.2, 0.25) is 0 Å². The molecule has 4 heteroatoms. The summed E-state index contributed by atoms with van der Waals surface area (Å²) in [7, 11) is 0. The lowest BCUT2D eigenvalue weighted by Gasteiger charge is -2.19. The van der Waals surface area contributed by atoms with E-state index in [1.807, 2.05) is 38.1 Å². The van der Waals surface area contributed by atoms with Crippen LogP contribution in [0.3, 0.4) is 0 Å². The summed E-state index contributed by atoms with van der Waals surface area (Å²) in [6.45, 7) is 7.94. The minimum atomic E-state index is -0.514. The van der Waals surface area contributed by atoms with Gasteiger partial charge in [-0.3, -0.25) is 9.59 Å². The van der Waals surface area contributed by atoms with Gasteiger partial charge in [0.15, 0.2) is 0 Å². The highest BCUT2D eigenvalue weighted by molar-refractivity contribution is 5.87. The van der Waals surface area contributed by atoms with E-state index in [1.165, 1.54) is 37.7 Å². The minimum absolute atomic E-state index is 0.0378. The van der Waals surface area contributed by atoms with E-state index in [0.29, 0.717) is 6.42 Å². The van der Waals surface area contributed by atoms with Crippen molar-refractivity contribution in [2.45, 2.75) is 91.1 Å². The van der Waals surface area contributed by atoms with Gasteiger partial charge in [0.25, 0.3) is 0 Å². The number of benzene rings is 1. The number of unbranched alkanes of at least 4 members (excludes halogenated alkanes) is 6. The van der Waals surface area contributed by atoms with E-state index in [1.54, 1.807) is 6.92 Å². The van der Waals surface area contributed by atoms with Crippen LogP contribution in [0.1, 0.15) is 89.3 Å². The molecule has 2 amide bonds. The predicted octanol–water partition coefficient (Wildman–Crippen LogP) is 4.82. The molecule has 2 atom stereocenters. The molecule has 0 radical (unpaired) electrons. The third-order valence-corrected chi connectivity index (χ3v) is 4.71. The monoisotopic (exact) mass is 360 g/mol. The number of amides is 2. The van der Waals surface area contributed by atoms with Gasteiger partial charge < -0.3 is 10.6 Å². The average Bonchev–Trinajstić information content (AvgIpc) is 2.61. The van der Waals surface area contributed by atoms with Crippen molar-refractivity contribution >= 4 is 11.8 Å². The average molecular weight is 361 g/mol. The van der Waals surface area contributed by atoms with Crippen LogP contribution in [0.5, 0.6) is 0 Å². The Morgan fingerprint density at radius 3 is 2.08 bits per heavy atom. The van der Waals surface area contributed by atoms with Gasteiger partial charge >= 0.3 is 0 Å². The molecule has 0 aliphatic rings. The van der Waals surface area contributed by atoms with Crippen molar-refractivity contribution in [2.24, 2.45) is 0 Å². The summed E-state index contributed by atoms with van der Waals surface area (Å²) in [5.74, 6) is -0.185. The summed E-state index contributed by atoms with van der Waals surface area (Å²) in [6, 6.07) is 7.51. The zero-order valence-corrected chi connectivity index (χ0v) is 16.9. The van der Waals surface area contributed by atoms with Gasteiger partial charge in [0.2, 0.25) is 11.8 Å². The van der Waals surface area contributed by atoms with Crippen LogP contribution < -0.4 is 10.6 Å². The van der Waals surface area contributed by atoms with Crippen LogP contribution in [-0.2, 0) is 9.59 Å². The smallest absolute Gasteiger partial charge is 0.242 e. The molecule has 1 rings (SSSR count). The van der Waals surface area contributed by atoms with Crippen molar-refractivity contribution in [2.75, 3.05) is 0 Å². The van der Waals surface area contributed by atoms with Gasteiger partial charge in [-0.2, -0.15) is 0 Å². The molecular weight excluding hydrogens is 324 g/mol. The second-order valence-corrected chi connectivity index (χ2v) is 7.30. The van der Waals surface area contributed by atoms with E-state index in [-0.39, 0.29) is 17.9 Å². The first-order valence-electron chi connectivity index (χ1n) is 10.1. The van der Waals surface area contributed by atoms with Gasteiger partial charge in [-0.05, 0) is 32.8 Å². The quantitative estimate of drug-likeness (QED) is 0.525. The van der Waals surface area contributed by atoms with Gasteiger partial charge in [0, 0.05) is 6.42 Å². The fraction of sp³-hybridized carbons (Fsp3) is 0.636. The molecule has 0 aromatic heterocycles. The van der Waals surface area contributed by atoms with E-state index in [9.17, 15) is 9.59 Å². The molecule has 0 aliphatic heterocycles. The van der Waals surface area contributed by atoms with Crippen molar-refractivity contribution in [3.8, 4) is 0 Å². The molecule has 0 aliphatic carbocycles. The predicted molar refractivity (Wildman–Crippen MR) is 108 cm³/mol. The van der Waals surface area contributed by atoms with Crippen molar-refractivity contribution in [1.82, 2.24) is 10.6 Å². The Morgan fingerprint density at radius 2 is 1.46 bits per heavy atom. The zero-order chi connectivity index (χ0) is 19.4.